The number of benzene rings is 1. The third-order valence-corrected chi connectivity index (χ3v) is 6.39. The van der Waals surface area contributed by atoms with Gasteiger partial charge in [0.25, 0.3) is 0 Å². The summed E-state index contributed by atoms with van der Waals surface area (Å²) in [4.78, 5) is 26.8. The van der Waals surface area contributed by atoms with E-state index in [0.29, 0.717) is 13.1 Å². The molecule has 0 radical (unpaired) electrons. The minimum atomic E-state index is 0.00754. The van der Waals surface area contributed by atoms with Gasteiger partial charge >= 0.3 is 0 Å². The molecule has 0 bridgehead atoms. The lowest BCUT2D eigenvalue weighted by molar-refractivity contribution is -0.132. The summed E-state index contributed by atoms with van der Waals surface area (Å²) in [5.41, 5.74) is 0.866. The molecule has 0 spiro atoms. The van der Waals surface area contributed by atoms with Gasteiger partial charge in [-0.15, -0.1) is 11.8 Å². The van der Waals surface area contributed by atoms with Crippen LogP contribution in [0.25, 0.3) is 0 Å². The second kappa shape index (κ2) is 8.06. The molecule has 1 aliphatic carbocycles. The summed E-state index contributed by atoms with van der Waals surface area (Å²) in [7, 11) is 0. The van der Waals surface area contributed by atoms with Gasteiger partial charge in [-0.1, -0.05) is 12.8 Å². The van der Waals surface area contributed by atoms with Crippen LogP contribution in [0.5, 0.6) is 0 Å². The molecule has 1 aromatic carbocycles. The van der Waals surface area contributed by atoms with Crippen LogP contribution < -0.4 is 5.32 Å². The van der Waals surface area contributed by atoms with E-state index in [0.717, 1.165) is 23.8 Å². The zero-order valence-electron chi connectivity index (χ0n) is 14.3. The van der Waals surface area contributed by atoms with Crippen LogP contribution in [-0.4, -0.2) is 35.1 Å². The van der Waals surface area contributed by atoms with Crippen LogP contribution in [-0.2, 0) is 9.59 Å². The lowest BCUT2D eigenvalue weighted by atomic mass is 9.96. The molecule has 1 aromatic rings. The Labute approximate surface area is 148 Å². The molecule has 130 valence electrons. The zero-order chi connectivity index (χ0) is 16.9. The van der Waals surface area contributed by atoms with Gasteiger partial charge < -0.3 is 10.2 Å². The fourth-order valence-corrected chi connectivity index (χ4v) is 4.76. The maximum absolute atomic E-state index is 12.4. The van der Waals surface area contributed by atoms with Crippen molar-refractivity contribution in [1.82, 2.24) is 4.90 Å². The molecule has 0 aromatic heterocycles. The van der Waals surface area contributed by atoms with Gasteiger partial charge in [0.05, 0.1) is 0 Å². The molecule has 0 unspecified atom stereocenters. The average Bonchev–Trinajstić information content (AvgIpc) is 3.09. The van der Waals surface area contributed by atoms with E-state index >= 15 is 0 Å². The summed E-state index contributed by atoms with van der Waals surface area (Å²) in [6.45, 7) is 2.96. The Kier molecular flexibility index (Phi) is 5.82. The third-order valence-electron chi connectivity index (χ3n) is 5.04. The predicted molar refractivity (Wildman–Crippen MR) is 98.2 cm³/mol. The number of nitrogens with one attached hydrogen (secondary N) is 1. The van der Waals surface area contributed by atoms with Crippen LogP contribution in [0.2, 0.25) is 0 Å². The summed E-state index contributed by atoms with van der Waals surface area (Å²) in [6, 6.07) is 8.22. The highest BCUT2D eigenvalue weighted by atomic mass is 32.2. The zero-order valence-corrected chi connectivity index (χ0v) is 15.1. The number of carbonyl (C=O) groups excluding carboxylic acids is 2. The number of carbonyl (C=O) groups is 2. The standard InChI is InChI=1S/C19H26N2O2S/c1-14(22)21-12-10-15(11-13-21)19(23)20-16-6-8-18(9-7-16)24-17-4-2-3-5-17/h6-9,15,17H,2-5,10-13H2,1H3,(H,20,23). The van der Waals surface area contributed by atoms with Gasteiger partial charge in [-0.05, 0) is 49.9 Å². The average molecular weight is 346 g/mol. The Morgan fingerprint density at radius 1 is 1.04 bits per heavy atom. The first-order valence-electron chi connectivity index (χ1n) is 8.95. The Morgan fingerprint density at radius 3 is 2.25 bits per heavy atom. The lowest BCUT2D eigenvalue weighted by Crippen LogP contribution is -2.40. The number of amides is 2. The fraction of sp³-hybridized carbons (Fsp3) is 0.579. The number of rotatable bonds is 4. The van der Waals surface area contributed by atoms with Gasteiger partial charge in [0.15, 0.2) is 0 Å². The minimum Gasteiger partial charge on any atom is -0.343 e. The molecule has 1 heterocycles. The Bertz CT molecular complexity index is 574. The van der Waals surface area contributed by atoms with Gasteiger partial charge in [-0.2, -0.15) is 0 Å². The highest BCUT2D eigenvalue weighted by molar-refractivity contribution is 8.00. The molecule has 1 saturated carbocycles. The summed E-state index contributed by atoms with van der Waals surface area (Å²) < 4.78 is 0. The van der Waals surface area contributed by atoms with Crippen molar-refractivity contribution < 1.29 is 9.59 Å². The summed E-state index contributed by atoms with van der Waals surface area (Å²) in [5, 5.41) is 3.79. The van der Waals surface area contributed by atoms with Gasteiger partial charge in [0.1, 0.15) is 0 Å². The van der Waals surface area contributed by atoms with Crippen molar-refractivity contribution in [2.24, 2.45) is 5.92 Å². The van der Waals surface area contributed by atoms with E-state index in [2.05, 4.69) is 17.4 Å². The first-order valence-corrected chi connectivity index (χ1v) is 9.83. The molecule has 1 N–H and O–H groups in total. The van der Waals surface area contributed by atoms with Crippen molar-refractivity contribution in [3.63, 3.8) is 0 Å². The van der Waals surface area contributed by atoms with Crippen molar-refractivity contribution >= 4 is 29.3 Å². The lowest BCUT2D eigenvalue weighted by Gasteiger charge is -2.30. The van der Waals surface area contributed by atoms with Crippen molar-refractivity contribution in [1.29, 1.82) is 0 Å². The number of thioether (sulfide) groups is 1. The van der Waals surface area contributed by atoms with Crippen LogP contribution in [0.3, 0.4) is 0 Å². The molecular formula is C19H26N2O2S. The van der Waals surface area contributed by atoms with E-state index in [-0.39, 0.29) is 17.7 Å². The Balaban J connectivity index is 1.48. The first-order chi connectivity index (χ1) is 11.6. The number of likely N-dealkylation sites (tertiary alicyclic amines) is 1. The molecular weight excluding hydrogens is 320 g/mol. The number of nitrogens with zero attached hydrogens (tertiary/aromatic N) is 1. The normalized spacial score (nSPS) is 19.5. The van der Waals surface area contributed by atoms with Crippen LogP contribution in [0.4, 0.5) is 5.69 Å². The van der Waals surface area contributed by atoms with Crippen LogP contribution in [0, 0.1) is 5.92 Å². The molecule has 2 aliphatic rings. The first kappa shape index (κ1) is 17.3. The van der Waals surface area contributed by atoms with Crippen molar-refractivity contribution in [2.75, 3.05) is 18.4 Å². The predicted octanol–water partition coefficient (Wildman–Crippen LogP) is 3.92. The maximum atomic E-state index is 12.4. The van der Waals surface area contributed by atoms with Gasteiger partial charge in [-0.25, -0.2) is 0 Å². The highest BCUT2D eigenvalue weighted by Gasteiger charge is 2.26. The number of hydrogen-bond acceptors (Lipinski definition) is 3. The SMILES string of the molecule is CC(=O)N1CCC(C(=O)Nc2ccc(SC3CCCC3)cc2)CC1. The van der Waals surface area contributed by atoms with E-state index in [9.17, 15) is 9.59 Å². The monoisotopic (exact) mass is 346 g/mol. The quantitative estimate of drug-likeness (QED) is 0.899. The van der Waals surface area contributed by atoms with Crippen LogP contribution in [0.15, 0.2) is 29.2 Å². The third kappa shape index (κ3) is 4.53. The number of piperidine rings is 1. The Morgan fingerprint density at radius 2 is 1.67 bits per heavy atom. The molecule has 0 atom stereocenters. The van der Waals surface area contributed by atoms with E-state index < -0.39 is 0 Å². The van der Waals surface area contributed by atoms with Crippen LogP contribution in [0.1, 0.15) is 45.4 Å². The molecule has 3 rings (SSSR count). The summed E-state index contributed by atoms with van der Waals surface area (Å²) in [6.07, 6.45) is 6.86. The summed E-state index contributed by atoms with van der Waals surface area (Å²) in [5.74, 6) is 0.187. The largest absolute Gasteiger partial charge is 0.343 e. The Hall–Kier alpha value is -1.49. The second-order valence-electron chi connectivity index (χ2n) is 6.82. The maximum Gasteiger partial charge on any atom is 0.227 e. The molecule has 5 heteroatoms. The molecule has 2 fully saturated rings. The van der Waals surface area contributed by atoms with E-state index in [1.807, 2.05) is 28.8 Å². The molecule has 24 heavy (non-hydrogen) atoms. The second-order valence-corrected chi connectivity index (χ2v) is 8.19. The van der Waals surface area contributed by atoms with Gasteiger partial charge in [0, 0.05) is 41.8 Å². The van der Waals surface area contributed by atoms with Gasteiger partial charge in [-0.3, -0.25) is 9.59 Å². The molecule has 4 nitrogen and oxygen atoms in total. The number of hydrogen-bond donors (Lipinski definition) is 1. The minimum absolute atomic E-state index is 0.00754. The van der Waals surface area contributed by atoms with E-state index in [4.69, 9.17) is 0 Å². The van der Waals surface area contributed by atoms with E-state index in [1.165, 1.54) is 30.6 Å². The molecule has 1 aliphatic heterocycles. The van der Waals surface area contributed by atoms with Gasteiger partial charge in [0.2, 0.25) is 11.8 Å². The molecule has 1 saturated heterocycles. The highest BCUT2D eigenvalue weighted by Crippen LogP contribution is 2.35. The van der Waals surface area contributed by atoms with Crippen LogP contribution >= 0.6 is 11.8 Å². The van der Waals surface area contributed by atoms with Crippen molar-refractivity contribution in [3.05, 3.63) is 24.3 Å². The van der Waals surface area contributed by atoms with Crippen molar-refractivity contribution in [3.8, 4) is 0 Å². The fourth-order valence-electron chi connectivity index (χ4n) is 3.52. The summed E-state index contributed by atoms with van der Waals surface area (Å²) >= 11 is 1.96. The molecule has 2 amide bonds. The number of anilines is 1. The smallest absolute Gasteiger partial charge is 0.227 e. The van der Waals surface area contributed by atoms with Crippen molar-refractivity contribution in [2.45, 2.75) is 55.6 Å². The van der Waals surface area contributed by atoms with E-state index in [1.54, 1.807) is 6.92 Å². The topological polar surface area (TPSA) is 49.4 Å².